The zero-order chi connectivity index (χ0) is 20.8. The summed E-state index contributed by atoms with van der Waals surface area (Å²) in [6.45, 7) is 4.81. The van der Waals surface area contributed by atoms with Crippen LogP contribution in [-0.4, -0.2) is 40.9 Å². The molecule has 29 heavy (non-hydrogen) atoms. The first-order valence-electron chi connectivity index (χ1n) is 9.29. The molecule has 2 aromatic carbocycles. The summed E-state index contributed by atoms with van der Waals surface area (Å²) < 4.78 is 12.2. The Hall–Kier alpha value is -3.00. The lowest BCUT2D eigenvalue weighted by Crippen LogP contribution is -2.14. The molecule has 0 bridgehead atoms. The molecule has 0 aliphatic rings. The molecule has 0 unspecified atom stereocenters. The molecular weight excluding hydrogens is 390 g/mol. The van der Waals surface area contributed by atoms with E-state index < -0.39 is 0 Å². The number of hydrogen-bond acceptors (Lipinski definition) is 6. The van der Waals surface area contributed by atoms with Crippen LogP contribution in [0.25, 0.3) is 11.0 Å². The number of benzene rings is 2. The fraction of sp³-hybridized carbons (Fsp3) is 0.286. The van der Waals surface area contributed by atoms with Gasteiger partial charge in [-0.25, -0.2) is 9.78 Å². The lowest BCUT2D eigenvalue weighted by Gasteiger charge is -2.08. The van der Waals surface area contributed by atoms with Crippen LogP contribution in [0.15, 0.2) is 47.6 Å². The van der Waals surface area contributed by atoms with Crippen molar-refractivity contribution in [1.29, 1.82) is 0 Å². The van der Waals surface area contributed by atoms with Gasteiger partial charge in [0, 0.05) is 18.3 Å². The van der Waals surface area contributed by atoms with Gasteiger partial charge in [0.15, 0.2) is 5.16 Å². The van der Waals surface area contributed by atoms with Crippen LogP contribution in [0.3, 0.4) is 0 Å². The Morgan fingerprint density at radius 1 is 1.17 bits per heavy atom. The Balaban J connectivity index is 1.73. The van der Waals surface area contributed by atoms with Gasteiger partial charge in [0.25, 0.3) is 0 Å². The average molecular weight is 413 g/mol. The number of nitrogens with one attached hydrogen (secondary N) is 1. The number of thioether (sulfide) groups is 1. The number of hydrogen-bond donors (Lipinski definition) is 1. The third-order valence-electron chi connectivity index (χ3n) is 4.23. The van der Waals surface area contributed by atoms with Gasteiger partial charge in [-0.1, -0.05) is 17.8 Å². The van der Waals surface area contributed by atoms with Crippen LogP contribution in [0.2, 0.25) is 0 Å². The molecule has 0 atom stereocenters. The number of carbonyl (C=O) groups excluding carboxylic acids is 2. The van der Waals surface area contributed by atoms with Crippen molar-refractivity contribution < 1.29 is 19.1 Å². The average Bonchev–Trinajstić information content (AvgIpc) is 3.09. The first-order chi connectivity index (χ1) is 14.0. The van der Waals surface area contributed by atoms with Crippen molar-refractivity contribution in [2.45, 2.75) is 25.5 Å². The molecule has 8 heteroatoms. The fourth-order valence-corrected chi connectivity index (χ4v) is 3.77. The summed E-state index contributed by atoms with van der Waals surface area (Å²) >= 11 is 1.35. The van der Waals surface area contributed by atoms with Crippen molar-refractivity contribution in [3.05, 3.63) is 48.0 Å². The van der Waals surface area contributed by atoms with E-state index in [1.54, 1.807) is 32.2 Å². The Bertz CT molecular complexity index is 1030. The molecular formula is C21H23N3O4S. The van der Waals surface area contributed by atoms with Crippen molar-refractivity contribution in [2.75, 3.05) is 24.8 Å². The zero-order valence-corrected chi connectivity index (χ0v) is 17.4. The molecule has 1 amide bonds. The monoisotopic (exact) mass is 413 g/mol. The van der Waals surface area contributed by atoms with Crippen LogP contribution in [0, 0.1) is 0 Å². The van der Waals surface area contributed by atoms with E-state index in [0.717, 1.165) is 10.7 Å². The normalized spacial score (nSPS) is 10.7. The molecule has 1 aromatic heterocycles. The number of nitrogens with zero attached hydrogens (tertiary/aromatic N) is 2. The first-order valence-corrected chi connectivity index (χ1v) is 10.3. The second kappa shape index (κ2) is 9.47. The Morgan fingerprint density at radius 3 is 2.72 bits per heavy atom. The van der Waals surface area contributed by atoms with E-state index in [4.69, 9.17) is 9.47 Å². The third kappa shape index (κ3) is 4.89. The topological polar surface area (TPSA) is 82.4 Å². The van der Waals surface area contributed by atoms with Gasteiger partial charge in [0.05, 0.1) is 36.1 Å². The minimum Gasteiger partial charge on any atom is -0.497 e. The van der Waals surface area contributed by atoms with Gasteiger partial charge >= 0.3 is 5.97 Å². The smallest absolute Gasteiger partial charge is 0.338 e. The van der Waals surface area contributed by atoms with Crippen molar-refractivity contribution >= 4 is 40.4 Å². The molecule has 0 saturated carbocycles. The van der Waals surface area contributed by atoms with Crippen molar-refractivity contribution in [3.63, 3.8) is 0 Å². The van der Waals surface area contributed by atoms with E-state index in [-0.39, 0.29) is 17.6 Å². The lowest BCUT2D eigenvalue weighted by atomic mass is 10.2. The highest BCUT2D eigenvalue weighted by molar-refractivity contribution is 7.99. The predicted octanol–water partition coefficient (Wildman–Crippen LogP) is 3.97. The number of aromatic nitrogens is 2. The summed E-state index contributed by atoms with van der Waals surface area (Å²) in [7, 11) is 1.58. The summed E-state index contributed by atoms with van der Waals surface area (Å²) in [5.74, 6) is 0.392. The van der Waals surface area contributed by atoms with Gasteiger partial charge in [-0.15, -0.1) is 0 Å². The maximum atomic E-state index is 12.3. The molecule has 0 aliphatic carbocycles. The van der Waals surface area contributed by atoms with Gasteiger partial charge in [0.1, 0.15) is 5.75 Å². The molecule has 7 nitrogen and oxygen atoms in total. The number of rotatable bonds is 8. The number of carbonyl (C=O) groups is 2. The van der Waals surface area contributed by atoms with Crippen LogP contribution in [0.1, 0.15) is 24.2 Å². The Morgan fingerprint density at radius 2 is 2.00 bits per heavy atom. The number of esters is 1. The number of ether oxygens (including phenoxy) is 2. The van der Waals surface area contributed by atoms with Gasteiger partial charge in [0.2, 0.25) is 5.91 Å². The maximum absolute atomic E-state index is 12.3. The molecule has 1 heterocycles. The van der Waals surface area contributed by atoms with Crippen LogP contribution in [0.5, 0.6) is 5.75 Å². The third-order valence-corrected chi connectivity index (χ3v) is 5.20. The van der Waals surface area contributed by atoms with Gasteiger partial charge in [-0.05, 0) is 44.2 Å². The number of imidazole rings is 1. The number of amides is 1. The molecule has 3 rings (SSSR count). The second-order valence-electron chi connectivity index (χ2n) is 6.13. The van der Waals surface area contributed by atoms with Crippen LogP contribution >= 0.6 is 11.8 Å². The molecule has 0 fully saturated rings. The van der Waals surface area contributed by atoms with Gasteiger partial charge in [-0.3, -0.25) is 4.79 Å². The second-order valence-corrected chi connectivity index (χ2v) is 7.07. The van der Waals surface area contributed by atoms with E-state index >= 15 is 0 Å². The highest BCUT2D eigenvalue weighted by atomic mass is 32.2. The summed E-state index contributed by atoms with van der Waals surface area (Å²) in [6, 6.07) is 12.5. The van der Waals surface area contributed by atoms with E-state index in [1.807, 2.05) is 35.8 Å². The summed E-state index contributed by atoms with van der Waals surface area (Å²) in [5.41, 5.74) is 2.76. The van der Waals surface area contributed by atoms with Crippen LogP contribution < -0.4 is 10.1 Å². The van der Waals surface area contributed by atoms with Crippen molar-refractivity contribution in [3.8, 4) is 5.75 Å². The largest absolute Gasteiger partial charge is 0.497 e. The van der Waals surface area contributed by atoms with Gasteiger partial charge in [-0.2, -0.15) is 0 Å². The van der Waals surface area contributed by atoms with E-state index in [1.165, 1.54) is 11.8 Å². The van der Waals surface area contributed by atoms with E-state index in [2.05, 4.69) is 10.3 Å². The quantitative estimate of drug-likeness (QED) is 0.444. The highest BCUT2D eigenvalue weighted by Gasteiger charge is 2.15. The lowest BCUT2D eigenvalue weighted by molar-refractivity contribution is -0.113. The Kier molecular flexibility index (Phi) is 6.77. The summed E-state index contributed by atoms with van der Waals surface area (Å²) in [4.78, 5) is 28.9. The van der Waals surface area contributed by atoms with Gasteiger partial charge < -0.3 is 19.4 Å². The number of anilines is 1. The number of aryl methyl sites for hydroxylation is 1. The molecule has 1 N–H and O–H groups in total. The summed E-state index contributed by atoms with van der Waals surface area (Å²) in [5, 5.41) is 3.58. The molecule has 0 aliphatic heterocycles. The first kappa shape index (κ1) is 20.7. The Labute approximate surface area is 173 Å². The van der Waals surface area contributed by atoms with Crippen LogP contribution in [0.4, 0.5) is 5.69 Å². The standard InChI is InChI=1S/C21H23N3O4S/c1-4-24-18-10-9-14(20(26)28-5-2)11-17(18)23-21(24)29-13-19(25)22-15-7-6-8-16(12-15)27-3/h6-12H,4-5,13H2,1-3H3,(H,22,25). The molecule has 0 saturated heterocycles. The number of fused-ring (bicyclic) bond motifs is 1. The zero-order valence-electron chi connectivity index (χ0n) is 16.6. The van der Waals surface area contributed by atoms with Crippen molar-refractivity contribution in [1.82, 2.24) is 9.55 Å². The molecule has 0 spiro atoms. The minimum atomic E-state index is -0.368. The molecule has 152 valence electrons. The maximum Gasteiger partial charge on any atom is 0.338 e. The fourth-order valence-electron chi connectivity index (χ4n) is 2.89. The highest BCUT2D eigenvalue weighted by Crippen LogP contribution is 2.25. The number of methoxy groups -OCH3 is 1. The van der Waals surface area contributed by atoms with E-state index in [9.17, 15) is 9.59 Å². The molecule has 0 radical (unpaired) electrons. The SMILES string of the molecule is CCOC(=O)c1ccc2c(c1)nc(SCC(=O)Nc1cccc(OC)c1)n2CC. The molecule has 3 aromatic rings. The summed E-state index contributed by atoms with van der Waals surface area (Å²) in [6.07, 6.45) is 0. The van der Waals surface area contributed by atoms with Crippen LogP contribution in [-0.2, 0) is 16.1 Å². The minimum absolute atomic E-state index is 0.134. The van der Waals surface area contributed by atoms with Crippen molar-refractivity contribution in [2.24, 2.45) is 0 Å². The van der Waals surface area contributed by atoms with E-state index in [0.29, 0.717) is 35.7 Å². The predicted molar refractivity (Wildman–Crippen MR) is 114 cm³/mol.